The summed E-state index contributed by atoms with van der Waals surface area (Å²) in [4.78, 5) is 14.5. The summed E-state index contributed by atoms with van der Waals surface area (Å²) >= 11 is 1.55. The summed E-state index contributed by atoms with van der Waals surface area (Å²) in [6, 6.07) is 5.93. The SMILES string of the molecule is Cn1cccc1C1COCCN1C(=O)c1ccsc1. The number of carbonyl (C=O) groups is 1. The first-order chi connectivity index (χ1) is 9.27. The topological polar surface area (TPSA) is 34.5 Å². The van der Waals surface area contributed by atoms with E-state index in [0.717, 1.165) is 11.3 Å². The van der Waals surface area contributed by atoms with Crippen LogP contribution in [0.15, 0.2) is 35.2 Å². The molecule has 0 radical (unpaired) electrons. The Balaban J connectivity index is 1.90. The lowest BCUT2D eigenvalue weighted by Gasteiger charge is -2.35. The van der Waals surface area contributed by atoms with Crippen molar-refractivity contribution in [3.8, 4) is 0 Å². The number of aromatic nitrogens is 1. The Kier molecular flexibility index (Phi) is 3.40. The van der Waals surface area contributed by atoms with Crippen LogP contribution in [-0.4, -0.2) is 35.1 Å². The first-order valence-corrected chi connectivity index (χ1v) is 7.24. The Bertz CT molecular complexity index is 562. The fraction of sp³-hybridized carbons (Fsp3) is 0.357. The lowest BCUT2D eigenvalue weighted by molar-refractivity contribution is -0.00460. The molecular weight excluding hydrogens is 260 g/mol. The predicted molar refractivity (Wildman–Crippen MR) is 74.3 cm³/mol. The van der Waals surface area contributed by atoms with Crippen molar-refractivity contribution in [2.75, 3.05) is 19.8 Å². The number of hydrogen-bond acceptors (Lipinski definition) is 3. The average molecular weight is 276 g/mol. The minimum absolute atomic E-state index is 0.00106. The molecule has 1 unspecified atom stereocenters. The normalized spacial score (nSPS) is 19.6. The maximum Gasteiger partial charge on any atom is 0.255 e. The summed E-state index contributed by atoms with van der Waals surface area (Å²) < 4.78 is 7.60. The van der Waals surface area contributed by atoms with Crippen LogP contribution < -0.4 is 0 Å². The third kappa shape index (κ3) is 2.31. The fourth-order valence-electron chi connectivity index (χ4n) is 2.46. The molecule has 19 heavy (non-hydrogen) atoms. The molecule has 1 aliphatic rings. The molecule has 1 aliphatic heterocycles. The fourth-order valence-corrected chi connectivity index (χ4v) is 3.09. The lowest BCUT2D eigenvalue weighted by Crippen LogP contribution is -2.43. The van der Waals surface area contributed by atoms with Crippen LogP contribution in [0.5, 0.6) is 0 Å². The molecule has 3 heterocycles. The van der Waals surface area contributed by atoms with E-state index in [-0.39, 0.29) is 11.9 Å². The van der Waals surface area contributed by atoms with E-state index in [9.17, 15) is 4.79 Å². The number of rotatable bonds is 2. The maximum absolute atomic E-state index is 12.5. The zero-order valence-electron chi connectivity index (χ0n) is 10.8. The predicted octanol–water partition coefficient (Wildman–Crippen LogP) is 2.30. The van der Waals surface area contributed by atoms with Crippen LogP contribution >= 0.6 is 11.3 Å². The third-order valence-electron chi connectivity index (χ3n) is 3.48. The minimum atomic E-state index is 0.00106. The van der Waals surface area contributed by atoms with E-state index in [2.05, 4.69) is 0 Å². The molecule has 0 bridgehead atoms. The van der Waals surface area contributed by atoms with Crippen molar-refractivity contribution in [2.24, 2.45) is 7.05 Å². The summed E-state index contributed by atoms with van der Waals surface area (Å²) in [5.41, 5.74) is 1.88. The monoisotopic (exact) mass is 276 g/mol. The van der Waals surface area contributed by atoms with Gasteiger partial charge in [-0.05, 0) is 23.6 Å². The second kappa shape index (κ2) is 5.19. The zero-order chi connectivity index (χ0) is 13.2. The molecule has 0 N–H and O–H groups in total. The highest BCUT2D eigenvalue weighted by molar-refractivity contribution is 7.08. The molecule has 1 atom stereocenters. The van der Waals surface area contributed by atoms with Gasteiger partial charge in [0, 0.05) is 30.9 Å². The highest BCUT2D eigenvalue weighted by Gasteiger charge is 2.30. The Morgan fingerprint density at radius 2 is 2.37 bits per heavy atom. The van der Waals surface area contributed by atoms with Crippen molar-refractivity contribution in [3.63, 3.8) is 0 Å². The zero-order valence-corrected chi connectivity index (χ0v) is 11.6. The van der Waals surface area contributed by atoms with E-state index >= 15 is 0 Å². The first-order valence-electron chi connectivity index (χ1n) is 6.29. The van der Waals surface area contributed by atoms with Crippen LogP contribution in [0.1, 0.15) is 22.1 Å². The Morgan fingerprint density at radius 1 is 1.47 bits per heavy atom. The van der Waals surface area contributed by atoms with Gasteiger partial charge in [0.15, 0.2) is 0 Å². The number of hydrogen-bond donors (Lipinski definition) is 0. The van der Waals surface area contributed by atoms with Crippen LogP contribution in [0.25, 0.3) is 0 Å². The summed E-state index contributed by atoms with van der Waals surface area (Å²) in [7, 11) is 2.00. The molecular formula is C14H16N2O2S. The van der Waals surface area contributed by atoms with Gasteiger partial charge in [0.05, 0.1) is 24.8 Å². The number of morpholine rings is 1. The molecule has 1 amide bonds. The number of amides is 1. The molecule has 1 saturated heterocycles. The average Bonchev–Trinajstić information content (AvgIpc) is 3.09. The summed E-state index contributed by atoms with van der Waals surface area (Å²) in [6.07, 6.45) is 2.00. The van der Waals surface area contributed by atoms with Gasteiger partial charge in [0.1, 0.15) is 0 Å². The van der Waals surface area contributed by atoms with Crippen molar-refractivity contribution in [1.82, 2.24) is 9.47 Å². The summed E-state index contributed by atoms with van der Waals surface area (Å²) in [5, 5.41) is 3.84. The summed E-state index contributed by atoms with van der Waals surface area (Å²) in [5.74, 6) is 0.0933. The Morgan fingerprint density at radius 3 is 3.05 bits per heavy atom. The van der Waals surface area contributed by atoms with Crippen LogP contribution in [0.3, 0.4) is 0 Å². The van der Waals surface area contributed by atoms with Crippen LogP contribution in [0.2, 0.25) is 0 Å². The van der Waals surface area contributed by atoms with Crippen molar-refractivity contribution in [2.45, 2.75) is 6.04 Å². The number of thiophene rings is 1. The molecule has 0 aromatic carbocycles. The maximum atomic E-state index is 12.5. The standard InChI is InChI=1S/C14H16N2O2S/c1-15-5-2-3-12(15)13-9-18-7-6-16(13)14(17)11-4-8-19-10-11/h2-5,8,10,13H,6-7,9H2,1H3. The van der Waals surface area contributed by atoms with Crippen molar-refractivity contribution >= 4 is 17.2 Å². The minimum Gasteiger partial charge on any atom is -0.377 e. The van der Waals surface area contributed by atoms with Gasteiger partial charge >= 0.3 is 0 Å². The molecule has 2 aromatic rings. The van der Waals surface area contributed by atoms with Gasteiger partial charge in [0.25, 0.3) is 5.91 Å². The van der Waals surface area contributed by atoms with Gasteiger partial charge in [-0.1, -0.05) is 0 Å². The number of nitrogens with zero attached hydrogens (tertiary/aromatic N) is 2. The van der Waals surface area contributed by atoms with Crippen LogP contribution in [0.4, 0.5) is 0 Å². The Hall–Kier alpha value is -1.59. The van der Waals surface area contributed by atoms with Gasteiger partial charge in [-0.3, -0.25) is 4.79 Å². The van der Waals surface area contributed by atoms with Crippen molar-refractivity contribution in [1.29, 1.82) is 0 Å². The van der Waals surface area contributed by atoms with Crippen molar-refractivity contribution in [3.05, 3.63) is 46.4 Å². The molecule has 4 nitrogen and oxygen atoms in total. The number of carbonyl (C=O) groups excluding carboxylic acids is 1. The van der Waals surface area contributed by atoms with E-state index in [0.29, 0.717) is 19.8 Å². The Labute approximate surface area is 116 Å². The van der Waals surface area contributed by atoms with Crippen LogP contribution in [-0.2, 0) is 11.8 Å². The second-order valence-corrected chi connectivity index (χ2v) is 5.43. The molecule has 1 fully saturated rings. The molecule has 2 aromatic heterocycles. The third-order valence-corrected chi connectivity index (χ3v) is 4.17. The summed E-state index contributed by atoms with van der Waals surface area (Å²) in [6.45, 7) is 1.81. The van der Waals surface area contributed by atoms with E-state index in [1.807, 2.05) is 51.7 Å². The van der Waals surface area contributed by atoms with E-state index in [4.69, 9.17) is 4.74 Å². The smallest absolute Gasteiger partial charge is 0.255 e. The molecule has 0 saturated carbocycles. The van der Waals surface area contributed by atoms with E-state index < -0.39 is 0 Å². The molecule has 100 valence electrons. The van der Waals surface area contributed by atoms with E-state index in [1.54, 1.807) is 11.3 Å². The van der Waals surface area contributed by atoms with Crippen LogP contribution in [0, 0.1) is 0 Å². The van der Waals surface area contributed by atoms with Gasteiger partial charge in [-0.15, -0.1) is 0 Å². The highest BCUT2D eigenvalue weighted by Crippen LogP contribution is 2.26. The number of ether oxygens (including phenoxy) is 1. The van der Waals surface area contributed by atoms with Gasteiger partial charge in [0.2, 0.25) is 0 Å². The largest absolute Gasteiger partial charge is 0.377 e. The van der Waals surface area contributed by atoms with Gasteiger partial charge in [-0.25, -0.2) is 0 Å². The quantitative estimate of drug-likeness (QED) is 0.843. The highest BCUT2D eigenvalue weighted by atomic mass is 32.1. The molecule has 3 rings (SSSR count). The van der Waals surface area contributed by atoms with Gasteiger partial charge in [-0.2, -0.15) is 11.3 Å². The van der Waals surface area contributed by atoms with E-state index in [1.165, 1.54) is 0 Å². The van der Waals surface area contributed by atoms with Gasteiger partial charge < -0.3 is 14.2 Å². The first kappa shape index (κ1) is 12.4. The van der Waals surface area contributed by atoms with Crippen molar-refractivity contribution < 1.29 is 9.53 Å². The lowest BCUT2D eigenvalue weighted by atomic mass is 10.1. The number of aryl methyl sites for hydroxylation is 1. The molecule has 0 spiro atoms. The molecule has 5 heteroatoms. The molecule has 0 aliphatic carbocycles. The second-order valence-electron chi connectivity index (χ2n) is 4.65.